The van der Waals surface area contributed by atoms with Crippen molar-refractivity contribution >= 4 is 0 Å². The van der Waals surface area contributed by atoms with Gasteiger partial charge in [0.05, 0.1) is 5.56 Å². The number of hydrogen-bond donors (Lipinski definition) is 1. The molecule has 2 rings (SSSR count). The highest BCUT2D eigenvalue weighted by Crippen LogP contribution is 2.24. The van der Waals surface area contributed by atoms with E-state index < -0.39 is 0 Å². The molecule has 1 N–H and O–H groups in total. The van der Waals surface area contributed by atoms with Gasteiger partial charge in [0.2, 0.25) is 0 Å². The number of nitrogens with one attached hydrogen (secondary N) is 1. The van der Waals surface area contributed by atoms with Gasteiger partial charge in [-0.05, 0) is 30.3 Å². The van der Waals surface area contributed by atoms with Gasteiger partial charge in [0.15, 0.2) is 0 Å². The molecule has 0 aliphatic rings. The van der Waals surface area contributed by atoms with Crippen LogP contribution in [0.3, 0.4) is 0 Å². The highest BCUT2D eigenvalue weighted by molar-refractivity contribution is 5.65. The van der Waals surface area contributed by atoms with Gasteiger partial charge in [0, 0.05) is 30.1 Å². The van der Waals surface area contributed by atoms with E-state index in [1.54, 1.807) is 24.4 Å². The first kappa shape index (κ1) is 13.2. The van der Waals surface area contributed by atoms with Crippen molar-refractivity contribution in [3.63, 3.8) is 0 Å². The third-order valence-corrected chi connectivity index (χ3v) is 2.79. The van der Waals surface area contributed by atoms with E-state index in [-0.39, 0.29) is 5.82 Å². The second kappa shape index (κ2) is 6.07. The van der Waals surface area contributed by atoms with Crippen LogP contribution in [-0.4, -0.2) is 11.5 Å². The normalized spacial score (nSPS) is 10.2. The number of hydrogen-bond acceptors (Lipinski definition) is 3. The maximum atomic E-state index is 13.9. The zero-order chi connectivity index (χ0) is 13.7. The third-order valence-electron chi connectivity index (χ3n) is 2.79. The summed E-state index contributed by atoms with van der Waals surface area (Å²) in [6.45, 7) is 3.57. The summed E-state index contributed by atoms with van der Waals surface area (Å²) >= 11 is 0. The number of pyridine rings is 1. The molecule has 0 radical (unpaired) electrons. The van der Waals surface area contributed by atoms with Crippen LogP contribution in [0.4, 0.5) is 4.39 Å². The summed E-state index contributed by atoms with van der Waals surface area (Å²) in [6, 6.07) is 8.64. The van der Waals surface area contributed by atoms with E-state index in [0.29, 0.717) is 23.2 Å². The first-order chi connectivity index (χ1) is 9.24. The lowest BCUT2D eigenvalue weighted by Gasteiger charge is -2.07. The number of rotatable bonds is 4. The first-order valence-corrected chi connectivity index (χ1v) is 6.09. The summed E-state index contributed by atoms with van der Waals surface area (Å²) in [5.41, 5.74) is 2.52. The lowest BCUT2D eigenvalue weighted by atomic mass is 10.0. The Morgan fingerprint density at radius 1 is 1.32 bits per heavy atom. The van der Waals surface area contributed by atoms with E-state index in [0.717, 1.165) is 12.1 Å². The van der Waals surface area contributed by atoms with Crippen LogP contribution in [0.2, 0.25) is 0 Å². The van der Waals surface area contributed by atoms with E-state index in [2.05, 4.69) is 10.3 Å². The predicted octanol–water partition coefficient (Wildman–Crippen LogP) is 2.87. The molecule has 4 heteroatoms. The molecule has 3 nitrogen and oxygen atoms in total. The zero-order valence-electron chi connectivity index (χ0n) is 10.7. The van der Waals surface area contributed by atoms with Gasteiger partial charge < -0.3 is 5.32 Å². The van der Waals surface area contributed by atoms with E-state index in [4.69, 9.17) is 5.26 Å². The Morgan fingerprint density at radius 2 is 2.16 bits per heavy atom. The number of aromatic nitrogens is 1. The van der Waals surface area contributed by atoms with Gasteiger partial charge in [-0.25, -0.2) is 4.39 Å². The molecule has 0 unspecified atom stereocenters. The summed E-state index contributed by atoms with van der Waals surface area (Å²) in [4.78, 5) is 3.96. The van der Waals surface area contributed by atoms with Crippen molar-refractivity contribution in [2.45, 2.75) is 13.5 Å². The maximum Gasteiger partial charge on any atom is 0.131 e. The van der Waals surface area contributed by atoms with Crippen LogP contribution in [0.15, 0.2) is 36.7 Å². The molecule has 0 bridgehead atoms. The van der Waals surface area contributed by atoms with Crippen molar-refractivity contribution in [3.05, 3.63) is 53.6 Å². The largest absolute Gasteiger partial charge is 0.313 e. The van der Waals surface area contributed by atoms with Crippen molar-refractivity contribution in [1.29, 1.82) is 5.26 Å². The fraction of sp³-hybridized carbons (Fsp3) is 0.200. The quantitative estimate of drug-likeness (QED) is 0.913. The summed E-state index contributed by atoms with van der Waals surface area (Å²) in [7, 11) is 0. The molecule has 0 fully saturated rings. The molecule has 2 aromatic rings. The summed E-state index contributed by atoms with van der Waals surface area (Å²) in [6.07, 6.45) is 3.03. The van der Waals surface area contributed by atoms with Crippen LogP contribution in [0, 0.1) is 17.1 Å². The van der Waals surface area contributed by atoms with E-state index >= 15 is 0 Å². The Kier molecular flexibility index (Phi) is 4.22. The van der Waals surface area contributed by atoms with Gasteiger partial charge in [0.1, 0.15) is 11.9 Å². The molecule has 0 atom stereocenters. The lowest BCUT2D eigenvalue weighted by molar-refractivity contribution is 0.629. The van der Waals surface area contributed by atoms with E-state index in [1.165, 1.54) is 12.3 Å². The van der Waals surface area contributed by atoms with Crippen LogP contribution in [-0.2, 0) is 6.54 Å². The fourth-order valence-corrected chi connectivity index (χ4v) is 1.82. The molecule has 19 heavy (non-hydrogen) atoms. The molecule has 0 saturated carbocycles. The molecule has 0 amide bonds. The molecule has 0 spiro atoms. The monoisotopic (exact) mass is 255 g/mol. The average molecular weight is 255 g/mol. The molecule has 0 aliphatic heterocycles. The van der Waals surface area contributed by atoms with Crippen molar-refractivity contribution in [2.75, 3.05) is 6.54 Å². The Labute approximate surface area is 111 Å². The molecule has 96 valence electrons. The zero-order valence-corrected chi connectivity index (χ0v) is 10.7. The average Bonchev–Trinajstić information content (AvgIpc) is 2.46. The topological polar surface area (TPSA) is 48.7 Å². The second-order valence-electron chi connectivity index (χ2n) is 4.17. The lowest BCUT2D eigenvalue weighted by Crippen LogP contribution is -2.11. The van der Waals surface area contributed by atoms with Crippen molar-refractivity contribution in [2.24, 2.45) is 0 Å². The number of nitrogens with zero attached hydrogens (tertiary/aromatic N) is 2. The highest BCUT2D eigenvalue weighted by Gasteiger charge is 2.07. The molecule has 1 aromatic heterocycles. The van der Waals surface area contributed by atoms with Crippen LogP contribution in [0.25, 0.3) is 11.1 Å². The fourth-order valence-electron chi connectivity index (χ4n) is 1.82. The molecule has 0 aliphatic carbocycles. The Bertz CT molecular complexity index is 617. The first-order valence-electron chi connectivity index (χ1n) is 6.09. The van der Waals surface area contributed by atoms with Crippen LogP contribution < -0.4 is 5.32 Å². The SMILES string of the molecule is CCNCc1ccc(F)c(-c2cncc(C#N)c2)c1. The predicted molar refractivity (Wildman–Crippen MR) is 71.7 cm³/mol. The van der Waals surface area contributed by atoms with E-state index in [1.807, 2.05) is 13.0 Å². The Balaban J connectivity index is 2.40. The van der Waals surface area contributed by atoms with Gasteiger partial charge >= 0.3 is 0 Å². The van der Waals surface area contributed by atoms with Gasteiger partial charge in [-0.15, -0.1) is 0 Å². The van der Waals surface area contributed by atoms with Crippen LogP contribution in [0.5, 0.6) is 0 Å². The molecule has 0 saturated heterocycles. The summed E-state index contributed by atoms with van der Waals surface area (Å²) < 4.78 is 13.9. The minimum absolute atomic E-state index is 0.308. The van der Waals surface area contributed by atoms with Gasteiger partial charge in [-0.2, -0.15) is 5.26 Å². The van der Waals surface area contributed by atoms with Crippen molar-refractivity contribution in [3.8, 4) is 17.2 Å². The number of nitriles is 1. The van der Waals surface area contributed by atoms with Crippen LogP contribution >= 0.6 is 0 Å². The van der Waals surface area contributed by atoms with Crippen LogP contribution in [0.1, 0.15) is 18.1 Å². The molecular formula is C15H14FN3. The standard InChI is InChI=1S/C15H14FN3/c1-2-18-8-11-3-4-15(16)14(6-11)13-5-12(7-17)9-19-10-13/h3-6,9-10,18H,2,8H2,1H3. The Hall–Kier alpha value is -2.25. The molecular weight excluding hydrogens is 241 g/mol. The summed E-state index contributed by atoms with van der Waals surface area (Å²) in [5, 5.41) is 12.1. The van der Waals surface area contributed by atoms with Crippen molar-refractivity contribution in [1.82, 2.24) is 10.3 Å². The number of halogens is 1. The third kappa shape index (κ3) is 3.15. The van der Waals surface area contributed by atoms with Gasteiger partial charge in [-0.3, -0.25) is 4.98 Å². The Morgan fingerprint density at radius 3 is 2.89 bits per heavy atom. The minimum atomic E-state index is -0.308. The van der Waals surface area contributed by atoms with E-state index in [9.17, 15) is 4.39 Å². The molecule has 1 heterocycles. The number of benzene rings is 1. The van der Waals surface area contributed by atoms with Crippen molar-refractivity contribution < 1.29 is 4.39 Å². The maximum absolute atomic E-state index is 13.9. The van der Waals surface area contributed by atoms with Gasteiger partial charge in [-0.1, -0.05) is 13.0 Å². The molecule has 1 aromatic carbocycles. The van der Waals surface area contributed by atoms with Gasteiger partial charge in [0.25, 0.3) is 0 Å². The smallest absolute Gasteiger partial charge is 0.131 e. The minimum Gasteiger partial charge on any atom is -0.313 e. The summed E-state index contributed by atoms with van der Waals surface area (Å²) in [5.74, 6) is -0.308. The second-order valence-corrected chi connectivity index (χ2v) is 4.17. The highest BCUT2D eigenvalue weighted by atomic mass is 19.1.